The number of rotatable bonds is 6. The van der Waals surface area contributed by atoms with Crippen molar-refractivity contribution in [2.24, 2.45) is 0 Å². The first-order valence-corrected chi connectivity index (χ1v) is 9.51. The Morgan fingerprint density at radius 1 is 1.32 bits per heavy atom. The summed E-state index contributed by atoms with van der Waals surface area (Å²) in [5.74, 6) is 0.137. The molecule has 1 fully saturated rings. The van der Waals surface area contributed by atoms with Crippen molar-refractivity contribution in [3.63, 3.8) is 0 Å². The number of aliphatic hydroxyl groups is 1. The number of sulfonamides is 1. The molecule has 0 saturated carbocycles. The van der Waals surface area contributed by atoms with Gasteiger partial charge in [0.15, 0.2) is 0 Å². The molecule has 1 atom stereocenters. The number of hydrogen-bond donors (Lipinski definition) is 2. The molecule has 22 heavy (non-hydrogen) atoms. The predicted molar refractivity (Wildman–Crippen MR) is 89.0 cm³/mol. The number of halogens is 1. The minimum atomic E-state index is -3.45. The minimum Gasteiger partial charge on any atom is -0.390 e. The van der Waals surface area contributed by atoms with E-state index in [1.54, 1.807) is 23.4 Å². The number of hydrogen-bond acceptors (Lipinski definition) is 4. The number of benzene rings is 1. The summed E-state index contributed by atoms with van der Waals surface area (Å²) >= 11 is 5.56. The third-order valence-corrected chi connectivity index (χ3v) is 6.24. The molecule has 2 rings (SSSR count). The van der Waals surface area contributed by atoms with Crippen molar-refractivity contribution in [3.8, 4) is 0 Å². The average Bonchev–Trinajstić information content (AvgIpc) is 2.54. The normalized spacial score (nSPS) is 18.1. The average molecular weight is 347 g/mol. The van der Waals surface area contributed by atoms with Crippen LogP contribution in [-0.4, -0.2) is 49.4 Å². The van der Waals surface area contributed by atoms with Gasteiger partial charge in [-0.2, -0.15) is 4.31 Å². The van der Waals surface area contributed by atoms with Crippen molar-refractivity contribution >= 4 is 27.3 Å². The Bertz CT molecular complexity index is 601. The Hall–Kier alpha value is -0.820. The van der Waals surface area contributed by atoms with Gasteiger partial charge < -0.3 is 10.4 Å². The first-order chi connectivity index (χ1) is 10.4. The second-order valence-corrected chi connectivity index (χ2v) is 7.85. The van der Waals surface area contributed by atoms with Gasteiger partial charge in [0, 0.05) is 25.3 Å². The Morgan fingerprint density at radius 3 is 2.64 bits per heavy atom. The molecule has 1 unspecified atom stereocenters. The van der Waals surface area contributed by atoms with Crippen molar-refractivity contribution in [2.75, 3.05) is 30.8 Å². The number of anilines is 1. The molecule has 1 saturated heterocycles. The maximum absolute atomic E-state index is 12.8. The van der Waals surface area contributed by atoms with Crippen molar-refractivity contribution in [3.05, 3.63) is 23.8 Å². The standard InChI is InChI=1S/C15H23ClN2O3S/c1-12-5-6-13(17-11-14(19)10-16)9-15(12)22(20,21)18-7-3-2-4-8-18/h5-6,9,14,17,19H,2-4,7-8,10-11H2,1H3. The summed E-state index contributed by atoms with van der Waals surface area (Å²) in [5.41, 5.74) is 1.40. The fraction of sp³-hybridized carbons (Fsp3) is 0.600. The third kappa shape index (κ3) is 4.13. The summed E-state index contributed by atoms with van der Waals surface area (Å²) in [6.45, 7) is 3.26. The molecule has 1 aromatic rings. The summed E-state index contributed by atoms with van der Waals surface area (Å²) in [5, 5.41) is 12.5. The lowest BCUT2D eigenvalue weighted by Crippen LogP contribution is -2.36. The number of alkyl halides is 1. The first kappa shape index (κ1) is 17.5. The quantitative estimate of drug-likeness (QED) is 0.775. The van der Waals surface area contributed by atoms with Gasteiger partial charge in [0.2, 0.25) is 10.0 Å². The van der Waals surface area contributed by atoms with E-state index >= 15 is 0 Å². The number of aryl methyl sites for hydroxylation is 1. The van der Waals surface area contributed by atoms with Crippen molar-refractivity contribution in [1.82, 2.24) is 4.31 Å². The van der Waals surface area contributed by atoms with E-state index < -0.39 is 16.1 Å². The van der Waals surface area contributed by atoms with Crippen LogP contribution in [0.4, 0.5) is 5.69 Å². The molecule has 124 valence electrons. The van der Waals surface area contributed by atoms with Crippen LogP contribution in [-0.2, 0) is 10.0 Å². The van der Waals surface area contributed by atoms with Crippen LogP contribution in [0, 0.1) is 6.92 Å². The van der Waals surface area contributed by atoms with E-state index in [1.165, 1.54) is 0 Å². The third-order valence-electron chi connectivity index (χ3n) is 3.84. The molecule has 0 radical (unpaired) electrons. The van der Waals surface area contributed by atoms with E-state index in [2.05, 4.69) is 5.32 Å². The fourth-order valence-corrected chi connectivity index (χ4v) is 4.40. The molecule has 1 aliphatic heterocycles. The highest BCUT2D eigenvalue weighted by Crippen LogP contribution is 2.26. The zero-order chi connectivity index (χ0) is 16.2. The van der Waals surface area contributed by atoms with Gasteiger partial charge in [-0.05, 0) is 37.5 Å². The lowest BCUT2D eigenvalue weighted by Gasteiger charge is -2.26. The van der Waals surface area contributed by atoms with Crippen molar-refractivity contribution in [1.29, 1.82) is 0 Å². The van der Waals surface area contributed by atoms with Crippen LogP contribution in [0.3, 0.4) is 0 Å². The highest BCUT2D eigenvalue weighted by Gasteiger charge is 2.27. The molecule has 1 heterocycles. The van der Waals surface area contributed by atoms with E-state index in [-0.39, 0.29) is 12.4 Å². The Labute approximate surface area is 137 Å². The number of piperidine rings is 1. The van der Waals surface area contributed by atoms with E-state index in [9.17, 15) is 13.5 Å². The van der Waals surface area contributed by atoms with Crippen LogP contribution >= 0.6 is 11.6 Å². The van der Waals surface area contributed by atoms with E-state index in [1.807, 2.05) is 6.07 Å². The van der Waals surface area contributed by atoms with Crippen molar-refractivity contribution < 1.29 is 13.5 Å². The lowest BCUT2D eigenvalue weighted by atomic mass is 10.2. The Morgan fingerprint density at radius 2 is 2.00 bits per heavy atom. The van der Waals surface area contributed by atoms with Gasteiger partial charge in [-0.25, -0.2) is 8.42 Å². The van der Waals surface area contributed by atoms with Crippen LogP contribution in [0.5, 0.6) is 0 Å². The van der Waals surface area contributed by atoms with Crippen LogP contribution in [0.25, 0.3) is 0 Å². The molecular formula is C15H23ClN2O3S. The van der Waals surface area contributed by atoms with Gasteiger partial charge in [-0.3, -0.25) is 0 Å². The summed E-state index contributed by atoms with van der Waals surface area (Å²) < 4.78 is 27.1. The number of nitrogens with zero attached hydrogens (tertiary/aromatic N) is 1. The molecule has 2 N–H and O–H groups in total. The van der Waals surface area contributed by atoms with Crippen LogP contribution in [0.15, 0.2) is 23.1 Å². The highest BCUT2D eigenvalue weighted by atomic mass is 35.5. The first-order valence-electron chi connectivity index (χ1n) is 7.54. The molecule has 7 heteroatoms. The van der Waals surface area contributed by atoms with Crippen molar-refractivity contribution in [2.45, 2.75) is 37.2 Å². The topological polar surface area (TPSA) is 69.6 Å². The van der Waals surface area contributed by atoms with E-state index in [0.29, 0.717) is 23.7 Å². The van der Waals surface area contributed by atoms with Gasteiger partial charge in [0.25, 0.3) is 0 Å². The van der Waals surface area contributed by atoms with Gasteiger partial charge >= 0.3 is 0 Å². The number of aliphatic hydroxyl groups excluding tert-OH is 1. The van der Waals surface area contributed by atoms with Crippen LogP contribution < -0.4 is 5.32 Å². The molecular weight excluding hydrogens is 324 g/mol. The molecule has 0 amide bonds. The second kappa shape index (κ2) is 7.64. The maximum atomic E-state index is 12.8. The molecule has 0 bridgehead atoms. The molecule has 5 nitrogen and oxygen atoms in total. The maximum Gasteiger partial charge on any atom is 0.243 e. The van der Waals surface area contributed by atoms with Gasteiger partial charge in [-0.15, -0.1) is 11.6 Å². The summed E-state index contributed by atoms with van der Waals surface area (Å²) in [6, 6.07) is 5.23. The van der Waals surface area contributed by atoms with Crippen LogP contribution in [0.1, 0.15) is 24.8 Å². The second-order valence-electron chi connectivity index (χ2n) is 5.63. The number of nitrogens with one attached hydrogen (secondary N) is 1. The smallest absolute Gasteiger partial charge is 0.243 e. The highest BCUT2D eigenvalue weighted by molar-refractivity contribution is 7.89. The molecule has 1 aliphatic rings. The van der Waals surface area contributed by atoms with Crippen LogP contribution in [0.2, 0.25) is 0 Å². The van der Waals surface area contributed by atoms with E-state index in [4.69, 9.17) is 11.6 Å². The Kier molecular flexibility index (Phi) is 6.09. The SMILES string of the molecule is Cc1ccc(NCC(O)CCl)cc1S(=O)(=O)N1CCCCC1. The summed E-state index contributed by atoms with van der Waals surface area (Å²) in [4.78, 5) is 0.333. The summed E-state index contributed by atoms with van der Waals surface area (Å²) in [7, 11) is -3.45. The van der Waals surface area contributed by atoms with Gasteiger partial charge in [0.05, 0.1) is 16.9 Å². The lowest BCUT2D eigenvalue weighted by molar-refractivity contribution is 0.211. The molecule has 1 aromatic carbocycles. The fourth-order valence-electron chi connectivity index (χ4n) is 2.52. The Balaban J connectivity index is 2.21. The van der Waals surface area contributed by atoms with E-state index in [0.717, 1.165) is 24.8 Å². The monoisotopic (exact) mass is 346 g/mol. The summed E-state index contributed by atoms with van der Waals surface area (Å²) in [6.07, 6.45) is 2.25. The molecule has 0 aliphatic carbocycles. The molecule has 0 spiro atoms. The largest absolute Gasteiger partial charge is 0.390 e. The van der Waals surface area contributed by atoms with Gasteiger partial charge in [0.1, 0.15) is 0 Å². The zero-order valence-corrected chi connectivity index (χ0v) is 14.3. The predicted octanol–water partition coefficient (Wildman–Crippen LogP) is 2.18. The zero-order valence-electron chi connectivity index (χ0n) is 12.8. The van der Waals surface area contributed by atoms with Gasteiger partial charge in [-0.1, -0.05) is 12.5 Å². The minimum absolute atomic E-state index is 0.137. The molecule has 0 aromatic heterocycles.